The number of rotatable bonds is 2. The summed E-state index contributed by atoms with van der Waals surface area (Å²) in [5, 5.41) is 0.520. The summed E-state index contributed by atoms with van der Waals surface area (Å²) < 4.78 is 0. The summed E-state index contributed by atoms with van der Waals surface area (Å²) >= 11 is 0. The Hall–Kier alpha value is -3.33. The molecule has 0 bridgehead atoms. The van der Waals surface area contributed by atoms with Gasteiger partial charge in [0.25, 0.3) is 5.43 Å². The van der Waals surface area contributed by atoms with Crippen molar-refractivity contribution < 1.29 is 0 Å². The van der Waals surface area contributed by atoms with E-state index in [1.165, 1.54) is 0 Å². The van der Waals surface area contributed by atoms with Crippen molar-refractivity contribution in [3.63, 3.8) is 0 Å². The van der Waals surface area contributed by atoms with E-state index in [-0.39, 0.29) is 10.8 Å². The first-order valence-electron chi connectivity index (χ1n) is 8.43. The zero-order valence-corrected chi connectivity index (χ0v) is 14.5. The zero-order chi connectivity index (χ0) is 18.4. The molecule has 0 aromatic heterocycles. The van der Waals surface area contributed by atoms with Crippen LogP contribution in [0.4, 0.5) is 0 Å². The second kappa shape index (κ2) is 5.88. The Kier molecular flexibility index (Phi) is 3.66. The van der Waals surface area contributed by atoms with Gasteiger partial charge < -0.3 is 0 Å². The average molecular weight is 340 g/mol. The van der Waals surface area contributed by atoms with Crippen molar-refractivity contribution in [2.24, 2.45) is 0 Å². The van der Waals surface area contributed by atoms with Gasteiger partial charge in [0.2, 0.25) is 10.9 Å². The van der Waals surface area contributed by atoms with Crippen LogP contribution in [0.15, 0.2) is 75.0 Å². The Bertz CT molecular complexity index is 1180. The van der Waals surface area contributed by atoms with Crippen LogP contribution in [0.1, 0.15) is 11.1 Å². The van der Waals surface area contributed by atoms with Crippen molar-refractivity contribution in [1.82, 2.24) is 0 Å². The van der Waals surface area contributed by atoms with Gasteiger partial charge in [0.1, 0.15) is 0 Å². The summed E-state index contributed by atoms with van der Waals surface area (Å²) in [6.07, 6.45) is 0. The molecular formula is C23H16O3. The SMILES string of the molecule is Cc1c(-c2ccccc2)c(-c2ccccc2)c(C)c2c(=O)c(=O)c(=O)c12. The molecule has 0 saturated heterocycles. The lowest BCUT2D eigenvalue weighted by atomic mass is 9.85. The lowest BCUT2D eigenvalue weighted by Gasteiger charge is -2.18. The molecule has 126 valence electrons. The van der Waals surface area contributed by atoms with Crippen LogP contribution in [0.5, 0.6) is 0 Å². The molecule has 3 heteroatoms. The smallest absolute Gasteiger partial charge is 0.274 e. The minimum Gasteiger partial charge on any atom is -0.285 e. The minimum absolute atomic E-state index is 0.260. The van der Waals surface area contributed by atoms with Gasteiger partial charge in [-0.05, 0) is 47.2 Å². The van der Waals surface area contributed by atoms with Crippen molar-refractivity contribution in [3.05, 3.63) is 102 Å². The van der Waals surface area contributed by atoms with Crippen LogP contribution in [-0.2, 0) is 0 Å². The Morgan fingerprint density at radius 1 is 0.500 bits per heavy atom. The van der Waals surface area contributed by atoms with Gasteiger partial charge in [-0.15, -0.1) is 0 Å². The molecule has 0 aliphatic heterocycles. The standard InChI is InChI=1S/C23H16O3/c1-13-17(15-9-5-3-6-10-15)18(16-11-7-4-8-12-16)14(2)20-19(13)21(24)23(26)22(20)25/h3-12H,1-2H3. The maximum absolute atomic E-state index is 12.4. The van der Waals surface area contributed by atoms with Crippen LogP contribution in [0, 0.1) is 13.8 Å². The quantitative estimate of drug-likeness (QED) is 0.522. The minimum atomic E-state index is -0.935. The van der Waals surface area contributed by atoms with Gasteiger partial charge >= 0.3 is 0 Å². The monoisotopic (exact) mass is 340 g/mol. The first-order chi connectivity index (χ1) is 12.5. The lowest BCUT2D eigenvalue weighted by Crippen LogP contribution is -2.29. The van der Waals surface area contributed by atoms with Crippen LogP contribution in [-0.4, -0.2) is 0 Å². The Balaban J connectivity index is 2.31. The van der Waals surface area contributed by atoms with Gasteiger partial charge in [-0.1, -0.05) is 60.7 Å². The molecule has 4 aromatic rings. The van der Waals surface area contributed by atoms with E-state index >= 15 is 0 Å². The molecular weight excluding hydrogens is 324 g/mol. The molecule has 0 radical (unpaired) electrons. The summed E-state index contributed by atoms with van der Waals surface area (Å²) in [6, 6.07) is 19.5. The molecule has 0 atom stereocenters. The molecule has 26 heavy (non-hydrogen) atoms. The fourth-order valence-corrected chi connectivity index (χ4v) is 3.83. The summed E-state index contributed by atoms with van der Waals surface area (Å²) in [6.45, 7) is 3.63. The van der Waals surface area contributed by atoms with Crippen molar-refractivity contribution >= 4 is 10.8 Å². The molecule has 0 unspecified atom stereocenters. The number of hydrogen-bond donors (Lipinski definition) is 0. The molecule has 3 nitrogen and oxygen atoms in total. The van der Waals surface area contributed by atoms with Crippen LogP contribution in [0.2, 0.25) is 0 Å². The van der Waals surface area contributed by atoms with Gasteiger partial charge in [0.05, 0.1) is 0 Å². The van der Waals surface area contributed by atoms with Gasteiger partial charge in [-0.3, -0.25) is 14.4 Å². The highest BCUT2D eigenvalue weighted by Crippen LogP contribution is 2.40. The van der Waals surface area contributed by atoms with Gasteiger partial charge in [-0.2, -0.15) is 0 Å². The normalized spacial score (nSPS) is 11.2. The van der Waals surface area contributed by atoms with Gasteiger partial charge in [0.15, 0.2) is 0 Å². The van der Waals surface area contributed by atoms with E-state index in [9.17, 15) is 14.4 Å². The molecule has 4 rings (SSSR count). The highest BCUT2D eigenvalue weighted by molar-refractivity contribution is 6.03. The fourth-order valence-electron chi connectivity index (χ4n) is 3.83. The summed E-state index contributed by atoms with van der Waals surface area (Å²) in [5.74, 6) is 0. The van der Waals surface area contributed by atoms with Gasteiger partial charge in [-0.25, -0.2) is 0 Å². The molecule has 0 amide bonds. The van der Waals surface area contributed by atoms with Crippen molar-refractivity contribution in [2.75, 3.05) is 0 Å². The molecule has 0 fully saturated rings. The lowest BCUT2D eigenvalue weighted by molar-refractivity contribution is 1.44. The Labute approximate surface area is 149 Å². The number of benzene rings is 3. The van der Waals surface area contributed by atoms with Crippen molar-refractivity contribution in [2.45, 2.75) is 13.8 Å². The molecule has 0 aliphatic rings. The third kappa shape index (κ3) is 2.17. The number of aryl methyl sites for hydroxylation is 2. The second-order valence-electron chi connectivity index (χ2n) is 6.47. The maximum Gasteiger partial charge on any atom is 0.274 e. The highest BCUT2D eigenvalue weighted by Gasteiger charge is 2.24. The number of hydrogen-bond acceptors (Lipinski definition) is 3. The van der Waals surface area contributed by atoms with E-state index in [0.29, 0.717) is 11.1 Å². The van der Waals surface area contributed by atoms with Crippen LogP contribution in [0.3, 0.4) is 0 Å². The molecule has 0 spiro atoms. The predicted molar refractivity (Wildman–Crippen MR) is 105 cm³/mol. The van der Waals surface area contributed by atoms with Crippen LogP contribution < -0.4 is 16.3 Å². The Morgan fingerprint density at radius 2 is 0.846 bits per heavy atom. The van der Waals surface area contributed by atoms with E-state index in [0.717, 1.165) is 22.3 Å². The predicted octanol–water partition coefficient (Wildman–Crippen LogP) is 3.75. The van der Waals surface area contributed by atoms with Crippen LogP contribution >= 0.6 is 0 Å². The molecule has 0 saturated carbocycles. The van der Waals surface area contributed by atoms with Crippen molar-refractivity contribution in [3.8, 4) is 22.3 Å². The van der Waals surface area contributed by atoms with E-state index in [2.05, 4.69) is 0 Å². The number of fused-ring (bicyclic) bond motifs is 1. The third-order valence-corrected chi connectivity index (χ3v) is 4.99. The van der Waals surface area contributed by atoms with Crippen molar-refractivity contribution in [1.29, 1.82) is 0 Å². The van der Waals surface area contributed by atoms with E-state index < -0.39 is 16.3 Å². The second-order valence-corrected chi connectivity index (χ2v) is 6.47. The highest BCUT2D eigenvalue weighted by atomic mass is 16.2. The zero-order valence-electron chi connectivity index (χ0n) is 14.5. The fraction of sp³-hybridized carbons (Fsp3) is 0.0870. The van der Waals surface area contributed by atoms with E-state index in [4.69, 9.17) is 0 Å². The molecule has 0 heterocycles. The first-order valence-corrected chi connectivity index (χ1v) is 8.43. The summed E-state index contributed by atoms with van der Waals surface area (Å²) in [7, 11) is 0. The molecule has 0 aliphatic carbocycles. The maximum atomic E-state index is 12.4. The van der Waals surface area contributed by atoms with Gasteiger partial charge in [0, 0.05) is 10.8 Å². The molecule has 0 N–H and O–H groups in total. The summed E-state index contributed by atoms with van der Waals surface area (Å²) in [4.78, 5) is 36.9. The Morgan fingerprint density at radius 3 is 1.19 bits per heavy atom. The average Bonchev–Trinajstić information content (AvgIpc) is 2.90. The first kappa shape index (κ1) is 16.2. The van der Waals surface area contributed by atoms with E-state index in [1.54, 1.807) is 0 Å². The topological polar surface area (TPSA) is 51.2 Å². The van der Waals surface area contributed by atoms with E-state index in [1.807, 2.05) is 74.5 Å². The van der Waals surface area contributed by atoms with Crippen LogP contribution in [0.25, 0.3) is 33.0 Å². The molecule has 4 aromatic carbocycles. The third-order valence-electron chi connectivity index (χ3n) is 4.99. The summed E-state index contributed by atoms with van der Waals surface area (Å²) in [5.41, 5.74) is 2.73. The largest absolute Gasteiger partial charge is 0.285 e.